The zero-order valence-corrected chi connectivity index (χ0v) is 17.6. The van der Waals surface area contributed by atoms with Crippen LogP contribution >= 0.6 is 28.3 Å². The van der Waals surface area contributed by atoms with Gasteiger partial charge in [-0.1, -0.05) is 22.0 Å². The summed E-state index contributed by atoms with van der Waals surface area (Å²) in [5.41, 5.74) is 2.83. The molecule has 6 heteroatoms. The lowest BCUT2D eigenvalue weighted by atomic mass is 9.93. The molecule has 2 saturated heterocycles. The highest BCUT2D eigenvalue weighted by Gasteiger charge is 2.21. The van der Waals surface area contributed by atoms with Gasteiger partial charge in [0, 0.05) is 29.8 Å². The quantitative estimate of drug-likeness (QED) is 0.744. The fourth-order valence-electron chi connectivity index (χ4n) is 3.79. The molecule has 0 atom stereocenters. The number of hydrogen-bond donors (Lipinski definition) is 1. The molecule has 0 saturated carbocycles. The largest absolute Gasteiger partial charge is 0.378 e. The van der Waals surface area contributed by atoms with Crippen molar-refractivity contribution in [2.45, 2.75) is 25.8 Å². The Labute approximate surface area is 166 Å². The highest BCUT2D eigenvalue weighted by atomic mass is 79.9. The van der Waals surface area contributed by atoms with E-state index in [9.17, 15) is 0 Å². The number of likely N-dealkylation sites (tertiary alicyclic amines) is 1. The standard InChI is InChI=1S/C19H30BrN3O.ClH/c1-21-7-4-16-5-8-22(9-6-16)15-17-2-3-18(20)14-19(17)23-10-12-24-13-11-23;/h2-3,14,16,21H,4-13,15H2,1H3;1H. The molecule has 0 amide bonds. The number of morpholine rings is 1. The Bertz CT molecular complexity index is 517. The van der Waals surface area contributed by atoms with Gasteiger partial charge in [-0.2, -0.15) is 0 Å². The topological polar surface area (TPSA) is 27.7 Å². The van der Waals surface area contributed by atoms with E-state index in [0.29, 0.717) is 0 Å². The van der Waals surface area contributed by atoms with E-state index in [4.69, 9.17) is 4.74 Å². The number of nitrogens with zero attached hydrogens (tertiary/aromatic N) is 2. The van der Waals surface area contributed by atoms with Gasteiger partial charge in [0.15, 0.2) is 0 Å². The summed E-state index contributed by atoms with van der Waals surface area (Å²) in [5, 5.41) is 3.28. The molecule has 0 radical (unpaired) electrons. The summed E-state index contributed by atoms with van der Waals surface area (Å²) >= 11 is 3.64. The van der Waals surface area contributed by atoms with Gasteiger partial charge in [0.25, 0.3) is 0 Å². The molecule has 1 aromatic rings. The first kappa shape index (κ1) is 21.0. The predicted molar refractivity (Wildman–Crippen MR) is 111 cm³/mol. The molecule has 2 aliphatic rings. The lowest BCUT2D eigenvalue weighted by Gasteiger charge is -2.35. The van der Waals surface area contributed by atoms with Crippen LogP contribution in [0.5, 0.6) is 0 Å². The third-order valence-electron chi connectivity index (χ3n) is 5.30. The Morgan fingerprint density at radius 1 is 1.16 bits per heavy atom. The molecule has 1 N–H and O–H groups in total. The maximum Gasteiger partial charge on any atom is 0.0642 e. The van der Waals surface area contributed by atoms with Crippen molar-refractivity contribution in [3.05, 3.63) is 28.2 Å². The van der Waals surface area contributed by atoms with Crippen LogP contribution in [0.15, 0.2) is 22.7 Å². The summed E-state index contributed by atoms with van der Waals surface area (Å²) in [6, 6.07) is 6.75. The average Bonchev–Trinajstić information content (AvgIpc) is 2.63. The lowest BCUT2D eigenvalue weighted by molar-refractivity contribution is 0.122. The second kappa shape index (κ2) is 10.7. The molecule has 0 spiro atoms. The summed E-state index contributed by atoms with van der Waals surface area (Å²) in [6.07, 6.45) is 4.00. The molecule has 142 valence electrons. The SMILES string of the molecule is CNCCC1CCN(Cc2ccc(Br)cc2N2CCOCC2)CC1.Cl. The van der Waals surface area contributed by atoms with Gasteiger partial charge in [-0.05, 0) is 69.6 Å². The van der Waals surface area contributed by atoms with Crippen LogP contribution in [0.3, 0.4) is 0 Å². The number of piperidine rings is 1. The van der Waals surface area contributed by atoms with Crippen LogP contribution in [-0.4, -0.2) is 57.9 Å². The summed E-state index contributed by atoms with van der Waals surface area (Å²) in [5.74, 6) is 0.900. The first-order chi connectivity index (χ1) is 11.8. The van der Waals surface area contributed by atoms with Gasteiger partial charge >= 0.3 is 0 Å². The Morgan fingerprint density at radius 3 is 2.56 bits per heavy atom. The Kier molecular flexibility index (Phi) is 9.00. The zero-order valence-electron chi connectivity index (χ0n) is 15.2. The van der Waals surface area contributed by atoms with Gasteiger partial charge in [0.1, 0.15) is 0 Å². The minimum atomic E-state index is 0. The fraction of sp³-hybridized carbons (Fsp3) is 0.684. The van der Waals surface area contributed by atoms with Crippen molar-refractivity contribution in [2.75, 3.05) is 57.9 Å². The molecule has 0 aliphatic carbocycles. The average molecular weight is 433 g/mol. The monoisotopic (exact) mass is 431 g/mol. The predicted octanol–water partition coefficient (Wildman–Crippen LogP) is 3.53. The van der Waals surface area contributed by atoms with Crippen LogP contribution in [-0.2, 0) is 11.3 Å². The van der Waals surface area contributed by atoms with Gasteiger partial charge in [-0.3, -0.25) is 4.90 Å². The zero-order chi connectivity index (χ0) is 16.8. The Hall–Kier alpha value is -0.330. The van der Waals surface area contributed by atoms with Crippen LogP contribution in [0.2, 0.25) is 0 Å². The fourth-order valence-corrected chi connectivity index (χ4v) is 4.14. The number of halogens is 2. The lowest BCUT2D eigenvalue weighted by Crippen LogP contribution is -2.38. The van der Waals surface area contributed by atoms with Crippen molar-refractivity contribution >= 4 is 34.0 Å². The van der Waals surface area contributed by atoms with Crippen molar-refractivity contribution in [3.63, 3.8) is 0 Å². The van der Waals surface area contributed by atoms with Crippen LogP contribution in [0.25, 0.3) is 0 Å². The molecular formula is C19H31BrClN3O. The number of rotatable bonds is 6. The van der Waals surface area contributed by atoms with Gasteiger partial charge in [-0.15, -0.1) is 12.4 Å². The molecule has 2 fully saturated rings. The van der Waals surface area contributed by atoms with E-state index in [0.717, 1.165) is 45.3 Å². The number of benzene rings is 1. The van der Waals surface area contributed by atoms with E-state index in [1.807, 2.05) is 0 Å². The number of nitrogens with one attached hydrogen (secondary N) is 1. The molecule has 3 rings (SSSR count). The molecule has 4 nitrogen and oxygen atoms in total. The van der Waals surface area contributed by atoms with Crippen LogP contribution in [0.4, 0.5) is 5.69 Å². The van der Waals surface area contributed by atoms with Crippen LogP contribution < -0.4 is 10.2 Å². The third-order valence-corrected chi connectivity index (χ3v) is 5.80. The molecule has 2 aliphatic heterocycles. The second-order valence-electron chi connectivity index (χ2n) is 6.98. The van der Waals surface area contributed by atoms with Crippen molar-refractivity contribution in [3.8, 4) is 0 Å². The van der Waals surface area contributed by atoms with Crippen molar-refractivity contribution in [1.82, 2.24) is 10.2 Å². The van der Waals surface area contributed by atoms with Gasteiger partial charge in [0.2, 0.25) is 0 Å². The molecule has 25 heavy (non-hydrogen) atoms. The molecule has 0 unspecified atom stereocenters. The molecule has 0 aromatic heterocycles. The summed E-state index contributed by atoms with van der Waals surface area (Å²) in [6.45, 7) is 8.34. The van der Waals surface area contributed by atoms with E-state index in [-0.39, 0.29) is 12.4 Å². The number of hydrogen-bond acceptors (Lipinski definition) is 4. The molecule has 2 heterocycles. The van der Waals surface area contributed by atoms with E-state index >= 15 is 0 Å². The van der Waals surface area contributed by atoms with E-state index in [1.54, 1.807) is 0 Å². The first-order valence-corrected chi connectivity index (χ1v) is 10.0. The Balaban J connectivity index is 0.00000225. The summed E-state index contributed by atoms with van der Waals surface area (Å²) in [4.78, 5) is 5.10. The number of anilines is 1. The minimum absolute atomic E-state index is 0. The highest BCUT2D eigenvalue weighted by molar-refractivity contribution is 9.10. The van der Waals surface area contributed by atoms with Crippen molar-refractivity contribution < 1.29 is 4.74 Å². The first-order valence-electron chi connectivity index (χ1n) is 9.24. The summed E-state index contributed by atoms with van der Waals surface area (Å²) in [7, 11) is 2.05. The van der Waals surface area contributed by atoms with E-state index in [1.165, 1.54) is 48.1 Å². The third kappa shape index (κ3) is 6.10. The van der Waals surface area contributed by atoms with Gasteiger partial charge < -0.3 is 15.0 Å². The summed E-state index contributed by atoms with van der Waals surface area (Å²) < 4.78 is 6.68. The molecule has 0 bridgehead atoms. The van der Waals surface area contributed by atoms with E-state index < -0.39 is 0 Å². The van der Waals surface area contributed by atoms with Crippen molar-refractivity contribution in [1.29, 1.82) is 0 Å². The van der Waals surface area contributed by atoms with E-state index in [2.05, 4.69) is 56.3 Å². The molecular weight excluding hydrogens is 402 g/mol. The van der Waals surface area contributed by atoms with Crippen molar-refractivity contribution in [2.24, 2.45) is 5.92 Å². The Morgan fingerprint density at radius 2 is 1.88 bits per heavy atom. The van der Waals surface area contributed by atoms with Gasteiger partial charge in [0.05, 0.1) is 13.2 Å². The molecule has 1 aromatic carbocycles. The maximum atomic E-state index is 5.52. The van der Waals surface area contributed by atoms with Crippen LogP contribution in [0.1, 0.15) is 24.8 Å². The second-order valence-corrected chi connectivity index (χ2v) is 7.90. The number of ether oxygens (including phenoxy) is 1. The van der Waals surface area contributed by atoms with Gasteiger partial charge in [-0.25, -0.2) is 0 Å². The maximum absolute atomic E-state index is 5.52. The van der Waals surface area contributed by atoms with Crippen LogP contribution in [0, 0.1) is 5.92 Å². The normalized spacial score (nSPS) is 19.7. The highest BCUT2D eigenvalue weighted by Crippen LogP contribution is 2.29. The minimum Gasteiger partial charge on any atom is -0.378 e. The smallest absolute Gasteiger partial charge is 0.0642 e.